The van der Waals surface area contributed by atoms with Crippen molar-refractivity contribution in [1.29, 1.82) is 0 Å². The lowest BCUT2D eigenvalue weighted by Gasteiger charge is -2.31. The molecule has 1 unspecified atom stereocenters. The predicted molar refractivity (Wildman–Crippen MR) is 84.4 cm³/mol. The monoisotopic (exact) mass is 348 g/mol. The van der Waals surface area contributed by atoms with Crippen LogP contribution in [0.2, 0.25) is 0 Å². The van der Waals surface area contributed by atoms with Crippen LogP contribution in [0, 0.1) is 0 Å². The number of morpholine rings is 1. The Kier molecular flexibility index (Phi) is 4.85. The van der Waals surface area contributed by atoms with Crippen molar-refractivity contribution in [3.8, 4) is 5.75 Å². The molecule has 0 saturated carbocycles. The van der Waals surface area contributed by atoms with Crippen LogP contribution < -0.4 is 10.1 Å². The van der Waals surface area contributed by atoms with E-state index >= 15 is 0 Å². The number of rotatable bonds is 4. The number of nitrogens with one attached hydrogen (secondary N) is 1. The second kappa shape index (κ2) is 7.02. The first-order valence-electron chi connectivity index (χ1n) is 6.99. The highest BCUT2D eigenvalue weighted by Gasteiger charge is 2.29. The van der Waals surface area contributed by atoms with Crippen molar-refractivity contribution < 1.29 is 9.47 Å². The van der Waals surface area contributed by atoms with Crippen molar-refractivity contribution in [1.82, 2.24) is 10.3 Å². The molecule has 1 aliphatic heterocycles. The van der Waals surface area contributed by atoms with Gasteiger partial charge in [-0.15, -0.1) is 0 Å². The lowest BCUT2D eigenvalue weighted by Crippen LogP contribution is -2.43. The summed E-state index contributed by atoms with van der Waals surface area (Å²) in [5.41, 5.74) is 0.877. The van der Waals surface area contributed by atoms with E-state index in [2.05, 4.69) is 26.2 Å². The normalized spacial score (nSPS) is 20.0. The summed E-state index contributed by atoms with van der Waals surface area (Å²) in [6.07, 6.45) is 1.49. The van der Waals surface area contributed by atoms with E-state index in [9.17, 15) is 0 Å². The number of para-hydroxylation sites is 1. The van der Waals surface area contributed by atoms with Crippen LogP contribution >= 0.6 is 15.9 Å². The fraction of sp³-hybridized carbons (Fsp3) is 0.312. The standard InChI is InChI=1S/C16H17BrN2O2/c17-12-5-1-2-7-14(12)21-16(13-6-3-4-8-19-13)15-11-18-9-10-20-15/h1-8,15-16,18H,9-11H2/t15-,16?/m0/s1. The predicted octanol–water partition coefficient (Wildman–Crippen LogP) is 2.95. The molecule has 1 N–H and O–H groups in total. The molecule has 0 bridgehead atoms. The Morgan fingerprint density at radius 1 is 1.24 bits per heavy atom. The van der Waals surface area contributed by atoms with Gasteiger partial charge in [0.25, 0.3) is 0 Å². The molecule has 110 valence electrons. The van der Waals surface area contributed by atoms with E-state index in [0.29, 0.717) is 6.61 Å². The molecular weight excluding hydrogens is 332 g/mol. The van der Waals surface area contributed by atoms with Crippen molar-refractivity contribution in [3.63, 3.8) is 0 Å². The van der Waals surface area contributed by atoms with Crippen LogP contribution in [0.5, 0.6) is 5.75 Å². The number of hydrogen-bond acceptors (Lipinski definition) is 4. The van der Waals surface area contributed by atoms with E-state index in [1.54, 1.807) is 6.20 Å². The third-order valence-electron chi connectivity index (χ3n) is 3.36. The highest BCUT2D eigenvalue weighted by molar-refractivity contribution is 9.10. The van der Waals surface area contributed by atoms with Gasteiger partial charge < -0.3 is 14.8 Å². The molecule has 1 aromatic carbocycles. The number of halogens is 1. The number of hydrogen-bond donors (Lipinski definition) is 1. The van der Waals surface area contributed by atoms with E-state index in [1.165, 1.54) is 0 Å². The summed E-state index contributed by atoms with van der Waals surface area (Å²) in [5.74, 6) is 0.794. The lowest BCUT2D eigenvalue weighted by molar-refractivity contribution is -0.0449. The van der Waals surface area contributed by atoms with Gasteiger partial charge in [-0.05, 0) is 40.2 Å². The summed E-state index contributed by atoms with van der Waals surface area (Å²) in [6.45, 7) is 2.32. The van der Waals surface area contributed by atoms with Crippen LogP contribution in [0.1, 0.15) is 11.8 Å². The Morgan fingerprint density at radius 2 is 2.10 bits per heavy atom. The molecule has 0 aliphatic carbocycles. The average Bonchev–Trinajstić information content (AvgIpc) is 2.56. The Morgan fingerprint density at radius 3 is 2.81 bits per heavy atom. The van der Waals surface area contributed by atoms with E-state index < -0.39 is 0 Å². The quantitative estimate of drug-likeness (QED) is 0.922. The summed E-state index contributed by atoms with van der Waals surface area (Å²) in [6, 6.07) is 13.7. The molecule has 4 nitrogen and oxygen atoms in total. The summed E-state index contributed by atoms with van der Waals surface area (Å²) in [4.78, 5) is 4.43. The summed E-state index contributed by atoms with van der Waals surface area (Å²) in [5, 5.41) is 3.34. The number of nitrogens with zero attached hydrogens (tertiary/aromatic N) is 1. The smallest absolute Gasteiger partial charge is 0.168 e. The Hall–Kier alpha value is -1.43. The third-order valence-corrected chi connectivity index (χ3v) is 4.02. The fourth-order valence-corrected chi connectivity index (χ4v) is 2.71. The first-order valence-corrected chi connectivity index (χ1v) is 7.78. The summed E-state index contributed by atoms with van der Waals surface area (Å²) >= 11 is 3.52. The van der Waals surface area contributed by atoms with E-state index in [0.717, 1.165) is 29.0 Å². The summed E-state index contributed by atoms with van der Waals surface area (Å²) in [7, 11) is 0. The second-order valence-electron chi connectivity index (χ2n) is 4.84. The van der Waals surface area contributed by atoms with Gasteiger partial charge in [-0.2, -0.15) is 0 Å². The molecule has 1 fully saturated rings. The molecule has 0 spiro atoms. The minimum Gasteiger partial charge on any atom is -0.480 e. The molecule has 3 rings (SSSR count). The Balaban J connectivity index is 1.87. The van der Waals surface area contributed by atoms with E-state index in [4.69, 9.17) is 9.47 Å². The third kappa shape index (κ3) is 3.61. The minimum absolute atomic E-state index is 0.0549. The molecule has 1 aliphatic rings. The van der Waals surface area contributed by atoms with Crippen LogP contribution in [0.25, 0.3) is 0 Å². The zero-order chi connectivity index (χ0) is 14.5. The topological polar surface area (TPSA) is 43.4 Å². The molecule has 2 heterocycles. The van der Waals surface area contributed by atoms with Crippen LogP contribution in [-0.4, -0.2) is 30.8 Å². The molecule has 1 aromatic heterocycles. The van der Waals surface area contributed by atoms with Gasteiger partial charge in [0.05, 0.1) is 16.8 Å². The van der Waals surface area contributed by atoms with Crippen molar-refractivity contribution in [2.24, 2.45) is 0 Å². The van der Waals surface area contributed by atoms with Gasteiger partial charge in [0.15, 0.2) is 6.10 Å². The van der Waals surface area contributed by atoms with Gasteiger partial charge >= 0.3 is 0 Å². The van der Waals surface area contributed by atoms with E-state index in [1.807, 2.05) is 42.5 Å². The van der Waals surface area contributed by atoms with Gasteiger partial charge in [-0.25, -0.2) is 0 Å². The van der Waals surface area contributed by atoms with E-state index in [-0.39, 0.29) is 12.2 Å². The van der Waals surface area contributed by atoms with Gasteiger partial charge in [0, 0.05) is 19.3 Å². The Labute approximate surface area is 132 Å². The van der Waals surface area contributed by atoms with Crippen LogP contribution in [0.15, 0.2) is 53.1 Å². The first kappa shape index (κ1) is 14.5. The molecule has 2 aromatic rings. The van der Waals surface area contributed by atoms with Crippen molar-refractivity contribution in [2.75, 3.05) is 19.7 Å². The lowest BCUT2D eigenvalue weighted by atomic mass is 10.1. The number of benzene rings is 1. The van der Waals surface area contributed by atoms with Crippen molar-refractivity contribution >= 4 is 15.9 Å². The molecule has 2 atom stereocenters. The number of aromatic nitrogens is 1. The highest BCUT2D eigenvalue weighted by atomic mass is 79.9. The number of ether oxygens (including phenoxy) is 2. The molecule has 0 radical (unpaired) electrons. The SMILES string of the molecule is Brc1ccccc1OC(c1ccccn1)[C@@H]1CNCCO1. The highest BCUT2D eigenvalue weighted by Crippen LogP contribution is 2.31. The maximum atomic E-state index is 6.20. The van der Waals surface area contributed by atoms with Gasteiger partial charge in [0.1, 0.15) is 11.9 Å². The van der Waals surface area contributed by atoms with Gasteiger partial charge in [-0.3, -0.25) is 4.98 Å². The molecule has 5 heteroatoms. The second-order valence-corrected chi connectivity index (χ2v) is 5.69. The minimum atomic E-state index is -0.238. The van der Waals surface area contributed by atoms with Crippen LogP contribution in [-0.2, 0) is 4.74 Å². The van der Waals surface area contributed by atoms with Gasteiger partial charge in [-0.1, -0.05) is 18.2 Å². The first-order chi connectivity index (χ1) is 10.3. The maximum Gasteiger partial charge on any atom is 0.168 e. The fourth-order valence-electron chi connectivity index (χ4n) is 2.33. The van der Waals surface area contributed by atoms with Gasteiger partial charge in [0.2, 0.25) is 0 Å². The summed E-state index contributed by atoms with van der Waals surface area (Å²) < 4.78 is 13.0. The number of pyridine rings is 1. The van der Waals surface area contributed by atoms with Crippen LogP contribution in [0.3, 0.4) is 0 Å². The Bertz CT molecular complexity index is 573. The average molecular weight is 349 g/mol. The molecule has 21 heavy (non-hydrogen) atoms. The largest absolute Gasteiger partial charge is 0.480 e. The zero-order valence-corrected chi connectivity index (χ0v) is 13.1. The molecule has 0 amide bonds. The van der Waals surface area contributed by atoms with Crippen molar-refractivity contribution in [2.45, 2.75) is 12.2 Å². The van der Waals surface area contributed by atoms with Crippen molar-refractivity contribution in [3.05, 3.63) is 58.8 Å². The zero-order valence-electron chi connectivity index (χ0n) is 11.5. The maximum absolute atomic E-state index is 6.20. The van der Waals surface area contributed by atoms with Crippen LogP contribution in [0.4, 0.5) is 0 Å². The molecule has 1 saturated heterocycles. The molecular formula is C16H17BrN2O2.